The van der Waals surface area contributed by atoms with Gasteiger partial charge in [-0.05, 0) is 29.8 Å². The van der Waals surface area contributed by atoms with Crippen LogP contribution < -0.4 is 5.32 Å². The molecule has 19 heavy (non-hydrogen) atoms. The molecule has 2 aromatic rings. The smallest absolute Gasteiger partial charge is 0.146 e. The molecule has 0 aliphatic rings. The molecule has 0 radical (unpaired) electrons. The monoisotopic (exact) mass is 327 g/mol. The molecule has 0 bridgehead atoms. The summed E-state index contributed by atoms with van der Waals surface area (Å²) in [6.07, 6.45) is 0. The normalized spacial score (nSPS) is 12.2. The van der Waals surface area contributed by atoms with Gasteiger partial charge in [0.15, 0.2) is 0 Å². The van der Waals surface area contributed by atoms with E-state index in [-0.39, 0.29) is 18.1 Å². The van der Waals surface area contributed by atoms with E-state index < -0.39 is 11.9 Å². The number of halogens is 3. The van der Waals surface area contributed by atoms with Crippen LogP contribution in [0.25, 0.3) is 0 Å². The van der Waals surface area contributed by atoms with Crippen LogP contribution in [0, 0.1) is 11.6 Å². The molecule has 2 nitrogen and oxygen atoms in total. The standard InChI is InChI=1S/C14H12BrF2NO/c15-11-7-9(16)5-6-10(11)14(8-19)18-13-4-2-1-3-12(13)17/h1-7,14,18-19H,8H2. The summed E-state index contributed by atoms with van der Waals surface area (Å²) in [4.78, 5) is 0. The largest absolute Gasteiger partial charge is 0.394 e. The average Bonchev–Trinajstić information content (AvgIpc) is 2.39. The molecule has 0 spiro atoms. The van der Waals surface area contributed by atoms with Gasteiger partial charge < -0.3 is 10.4 Å². The number of rotatable bonds is 4. The van der Waals surface area contributed by atoms with E-state index in [0.29, 0.717) is 10.0 Å². The summed E-state index contributed by atoms with van der Waals surface area (Å²) < 4.78 is 27.1. The van der Waals surface area contributed by atoms with E-state index in [2.05, 4.69) is 21.2 Å². The lowest BCUT2D eigenvalue weighted by Crippen LogP contribution is -2.16. The number of nitrogens with one attached hydrogen (secondary N) is 1. The molecule has 0 fully saturated rings. The first-order valence-corrected chi connectivity index (χ1v) is 6.48. The van der Waals surface area contributed by atoms with Gasteiger partial charge in [0.1, 0.15) is 11.6 Å². The molecular weight excluding hydrogens is 316 g/mol. The van der Waals surface area contributed by atoms with Crippen molar-refractivity contribution in [2.75, 3.05) is 11.9 Å². The molecule has 0 aromatic heterocycles. The van der Waals surface area contributed by atoms with Gasteiger partial charge in [-0.1, -0.05) is 34.1 Å². The number of hydrogen-bond acceptors (Lipinski definition) is 2. The number of aliphatic hydroxyl groups excluding tert-OH is 1. The van der Waals surface area contributed by atoms with Crippen LogP contribution in [0.1, 0.15) is 11.6 Å². The third-order valence-corrected chi connectivity index (χ3v) is 3.41. The Morgan fingerprint density at radius 1 is 1.16 bits per heavy atom. The fourth-order valence-electron chi connectivity index (χ4n) is 1.77. The first-order valence-electron chi connectivity index (χ1n) is 5.68. The van der Waals surface area contributed by atoms with Crippen LogP contribution in [-0.4, -0.2) is 11.7 Å². The third kappa shape index (κ3) is 3.30. The molecule has 2 rings (SSSR count). The van der Waals surface area contributed by atoms with Crippen LogP contribution in [0.4, 0.5) is 14.5 Å². The van der Waals surface area contributed by atoms with Gasteiger partial charge in [-0.25, -0.2) is 8.78 Å². The summed E-state index contributed by atoms with van der Waals surface area (Å²) in [6.45, 7) is -0.238. The zero-order chi connectivity index (χ0) is 13.8. The first kappa shape index (κ1) is 14.0. The number of hydrogen-bond donors (Lipinski definition) is 2. The SMILES string of the molecule is OCC(Nc1ccccc1F)c1ccc(F)cc1Br. The molecule has 0 saturated heterocycles. The predicted molar refractivity (Wildman–Crippen MR) is 73.9 cm³/mol. The molecular formula is C14H12BrF2NO. The Hall–Kier alpha value is -1.46. The zero-order valence-electron chi connectivity index (χ0n) is 9.91. The van der Waals surface area contributed by atoms with Gasteiger partial charge in [-0.3, -0.25) is 0 Å². The molecule has 1 unspecified atom stereocenters. The van der Waals surface area contributed by atoms with Crippen molar-refractivity contribution in [2.24, 2.45) is 0 Å². The fourth-order valence-corrected chi connectivity index (χ4v) is 2.40. The maximum atomic E-state index is 13.6. The third-order valence-electron chi connectivity index (χ3n) is 2.72. The van der Waals surface area contributed by atoms with Crippen LogP contribution in [0.3, 0.4) is 0 Å². The van der Waals surface area contributed by atoms with Crippen LogP contribution in [-0.2, 0) is 0 Å². The lowest BCUT2D eigenvalue weighted by Gasteiger charge is -2.19. The molecule has 5 heteroatoms. The highest BCUT2D eigenvalue weighted by molar-refractivity contribution is 9.10. The van der Waals surface area contributed by atoms with E-state index in [9.17, 15) is 13.9 Å². The summed E-state index contributed by atoms with van der Waals surface area (Å²) in [5, 5.41) is 12.3. The quantitative estimate of drug-likeness (QED) is 0.893. The van der Waals surface area contributed by atoms with E-state index in [1.807, 2.05) is 0 Å². The molecule has 2 aromatic carbocycles. The van der Waals surface area contributed by atoms with Crippen molar-refractivity contribution < 1.29 is 13.9 Å². The van der Waals surface area contributed by atoms with Crippen LogP contribution in [0.15, 0.2) is 46.9 Å². The highest BCUT2D eigenvalue weighted by atomic mass is 79.9. The van der Waals surface area contributed by atoms with Crippen molar-refractivity contribution >= 4 is 21.6 Å². The first-order chi connectivity index (χ1) is 9.11. The lowest BCUT2D eigenvalue weighted by atomic mass is 10.1. The van der Waals surface area contributed by atoms with Gasteiger partial charge >= 0.3 is 0 Å². The average molecular weight is 328 g/mol. The van der Waals surface area contributed by atoms with Crippen molar-refractivity contribution in [3.8, 4) is 0 Å². The maximum absolute atomic E-state index is 13.6. The van der Waals surface area contributed by atoms with Crippen molar-refractivity contribution in [1.29, 1.82) is 0 Å². The highest BCUT2D eigenvalue weighted by Gasteiger charge is 2.15. The molecule has 0 amide bonds. The lowest BCUT2D eigenvalue weighted by molar-refractivity contribution is 0.275. The van der Waals surface area contributed by atoms with E-state index in [1.165, 1.54) is 18.2 Å². The number of aliphatic hydroxyl groups is 1. The summed E-state index contributed by atoms with van der Waals surface area (Å²) in [5.74, 6) is -0.780. The second kappa shape index (κ2) is 6.12. The Balaban J connectivity index is 2.28. The number of anilines is 1. The highest BCUT2D eigenvalue weighted by Crippen LogP contribution is 2.27. The predicted octanol–water partition coefficient (Wildman–Crippen LogP) is 3.87. The minimum atomic E-state index is -0.521. The Labute approximate surface area is 118 Å². The molecule has 1 atom stereocenters. The Morgan fingerprint density at radius 2 is 1.89 bits per heavy atom. The second-order valence-electron chi connectivity index (χ2n) is 4.03. The fraction of sp³-hybridized carbons (Fsp3) is 0.143. The van der Waals surface area contributed by atoms with Crippen molar-refractivity contribution in [3.63, 3.8) is 0 Å². The van der Waals surface area contributed by atoms with Crippen LogP contribution in [0.5, 0.6) is 0 Å². The van der Waals surface area contributed by atoms with E-state index >= 15 is 0 Å². The zero-order valence-corrected chi connectivity index (χ0v) is 11.5. The van der Waals surface area contributed by atoms with Crippen LogP contribution >= 0.6 is 15.9 Å². The van der Waals surface area contributed by atoms with Crippen LogP contribution in [0.2, 0.25) is 0 Å². The van der Waals surface area contributed by atoms with Gasteiger partial charge in [0, 0.05) is 4.47 Å². The Bertz CT molecular complexity index is 577. The summed E-state index contributed by atoms with van der Waals surface area (Å²) in [5.41, 5.74) is 0.949. The second-order valence-corrected chi connectivity index (χ2v) is 4.88. The van der Waals surface area contributed by atoms with Gasteiger partial charge in [-0.2, -0.15) is 0 Å². The summed E-state index contributed by atoms with van der Waals surface area (Å²) in [7, 11) is 0. The summed E-state index contributed by atoms with van der Waals surface area (Å²) in [6, 6.07) is 9.82. The number of para-hydroxylation sites is 1. The van der Waals surface area contributed by atoms with Crippen molar-refractivity contribution in [1.82, 2.24) is 0 Å². The molecule has 0 heterocycles. The van der Waals surface area contributed by atoms with Gasteiger partial charge in [0.2, 0.25) is 0 Å². The minimum Gasteiger partial charge on any atom is -0.394 e. The number of benzene rings is 2. The van der Waals surface area contributed by atoms with Crippen molar-refractivity contribution in [3.05, 3.63) is 64.1 Å². The van der Waals surface area contributed by atoms with E-state index in [1.54, 1.807) is 24.3 Å². The van der Waals surface area contributed by atoms with E-state index in [4.69, 9.17) is 0 Å². The van der Waals surface area contributed by atoms with Crippen molar-refractivity contribution in [2.45, 2.75) is 6.04 Å². The molecule has 0 aliphatic carbocycles. The van der Waals surface area contributed by atoms with E-state index in [0.717, 1.165) is 0 Å². The van der Waals surface area contributed by atoms with Gasteiger partial charge in [-0.15, -0.1) is 0 Å². The van der Waals surface area contributed by atoms with Gasteiger partial charge in [0.05, 0.1) is 18.3 Å². The molecule has 0 saturated carbocycles. The maximum Gasteiger partial charge on any atom is 0.146 e. The molecule has 0 aliphatic heterocycles. The Kier molecular flexibility index (Phi) is 4.50. The van der Waals surface area contributed by atoms with Gasteiger partial charge in [0.25, 0.3) is 0 Å². The summed E-state index contributed by atoms with van der Waals surface area (Å²) >= 11 is 3.24. The minimum absolute atomic E-state index is 0.238. The molecule has 2 N–H and O–H groups in total. The Morgan fingerprint density at radius 3 is 2.53 bits per heavy atom. The topological polar surface area (TPSA) is 32.3 Å². The molecule has 100 valence electrons.